The molecule has 7 atom stereocenters. The maximum absolute atomic E-state index is 15.3. The third kappa shape index (κ3) is 14.9. The Morgan fingerprint density at radius 1 is 0.584 bits per heavy atom. The van der Waals surface area contributed by atoms with Crippen LogP contribution >= 0.6 is 0 Å². The maximum atomic E-state index is 15.3. The summed E-state index contributed by atoms with van der Waals surface area (Å²) >= 11 is 0. The molecule has 2 saturated heterocycles. The Labute approximate surface area is 446 Å². The molecule has 0 aliphatic carbocycles. The third-order valence-corrected chi connectivity index (χ3v) is 13.7. The number of carbonyl (C=O) groups excluding carboxylic acids is 7. The number of nitrogens with two attached hydrogens (primary N) is 2. The lowest BCUT2D eigenvalue weighted by Crippen LogP contribution is -2.61. The number of rotatable bonds is 17. The Bertz CT molecular complexity index is 2960. The van der Waals surface area contributed by atoms with Gasteiger partial charge in [-0.1, -0.05) is 121 Å². The van der Waals surface area contributed by atoms with Crippen LogP contribution in [0.15, 0.2) is 146 Å². The first kappa shape index (κ1) is 54.7. The number of hydrogen-bond donors (Lipinski definition) is 9. The van der Waals surface area contributed by atoms with Gasteiger partial charge in [0.1, 0.15) is 54.7 Å². The smallest absolute Gasteiger partial charge is 0.407 e. The zero-order valence-electron chi connectivity index (χ0n) is 42.7. The summed E-state index contributed by atoms with van der Waals surface area (Å²) in [6.07, 6.45) is 0.652. The molecule has 11 N–H and O–H groups in total. The molecule has 0 bridgehead atoms. The van der Waals surface area contributed by atoms with Crippen molar-refractivity contribution in [3.63, 3.8) is 0 Å². The molecule has 0 unspecified atom stereocenters. The molecule has 402 valence electrons. The number of nitrogens with zero attached hydrogens (tertiary/aromatic N) is 1. The van der Waals surface area contributed by atoms with Gasteiger partial charge in [-0.25, -0.2) is 4.79 Å². The van der Waals surface area contributed by atoms with Crippen molar-refractivity contribution in [1.82, 2.24) is 41.8 Å². The second kappa shape index (κ2) is 26.8. The number of ether oxygens (including phenoxy) is 2. The van der Waals surface area contributed by atoms with Crippen molar-refractivity contribution >= 4 is 52.4 Å². The first-order chi connectivity index (χ1) is 37.5. The molecule has 1 aromatic heterocycles. The summed E-state index contributed by atoms with van der Waals surface area (Å²) < 4.78 is 11.8. The Kier molecular flexibility index (Phi) is 19.0. The van der Waals surface area contributed by atoms with Gasteiger partial charge in [0, 0.05) is 55.9 Å². The fourth-order valence-corrected chi connectivity index (χ4v) is 9.65. The van der Waals surface area contributed by atoms with Gasteiger partial charge in [0.15, 0.2) is 0 Å². The van der Waals surface area contributed by atoms with Crippen LogP contribution in [-0.4, -0.2) is 114 Å². The van der Waals surface area contributed by atoms with Crippen molar-refractivity contribution < 1.29 is 43.0 Å². The number of benzene rings is 5. The van der Waals surface area contributed by atoms with Crippen LogP contribution in [0.3, 0.4) is 0 Å². The molecule has 19 nitrogen and oxygen atoms in total. The van der Waals surface area contributed by atoms with Gasteiger partial charge in [0.2, 0.25) is 35.4 Å². The number of fused-ring (bicyclic) bond motifs is 2. The quantitative estimate of drug-likeness (QED) is 0.0598. The summed E-state index contributed by atoms with van der Waals surface area (Å²) in [4.78, 5) is 107. The standard InChI is InChI=1S/C58H66N10O9/c59-27-13-12-22-46-52(69)64-47(30-38-23-25-42(26-24-38)76-36-39-16-6-2-7-17-39)53(70)66-49(31-37-14-4-1-5-15-37)57(74)68-35-43(77-58(75)61-29-28-60)33-50(68)55(72)67-51(40-18-8-3-9-19-40)56(73)65-48(54(71)63-46)32-41-34-62-45-21-11-10-20-44(41)45/h1-11,14-21,23-26,34,43,46-51,62H,12-13,22,27-33,35-36,59-60H2,(H,61,75)(H,63,71)(H,64,69)(H,65,73)(H,66,70)(H,67,72)/t43-,46+,47+,48-,49+,50-,51+/m1/s1. The van der Waals surface area contributed by atoms with Gasteiger partial charge in [0.25, 0.3) is 0 Å². The minimum absolute atomic E-state index is 0.0385. The number of aromatic nitrogens is 1. The van der Waals surface area contributed by atoms with Crippen molar-refractivity contribution in [2.45, 2.75) is 93.9 Å². The number of H-pyrrole nitrogens is 1. The van der Waals surface area contributed by atoms with Gasteiger partial charge in [-0.3, -0.25) is 28.8 Å². The molecule has 0 saturated carbocycles. The SMILES string of the molecule is NCCCC[C@@H]1NC(=O)[C@@H](Cc2c[nH]c3ccccc23)NC(=O)[C@H](c2ccccc2)NC(=O)[C@H]2C[C@@H](OC(=O)NCCN)CN2C(=O)[C@H](Cc2ccccc2)NC(=O)[C@H](Cc2ccc(OCc3ccccc3)cc2)NC1=O. The van der Waals surface area contributed by atoms with Crippen LogP contribution in [0.1, 0.15) is 59.5 Å². The molecular weight excluding hydrogens is 981 g/mol. The van der Waals surface area contributed by atoms with E-state index in [0.29, 0.717) is 54.0 Å². The lowest BCUT2D eigenvalue weighted by molar-refractivity contribution is -0.143. The first-order valence-corrected chi connectivity index (χ1v) is 26.0. The van der Waals surface area contributed by atoms with Crippen LogP contribution in [0.25, 0.3) is 10.9 Å². The fourth-order valence-electron chi connectivity index (χ4n) is 9.65. The van der Waals surface area contributed by atoms with E-state index in [0.717, 1.165) is 16.5 Å². The molecule has 6 aromatic rings. The second-order valence-corrected chi connectivity index (χ2v) is 19.2. The van der Waals surface area contributed by atoms with E-state index in [-0.39, 0.29) is 51.7 Å². The summed E-state index contributed by atoms with van der Waals surface area (Å²) in [5.74, 6) is -3.76. The summed E-state index contributed by atoms with van der Waals surface area (Å²) in [6.45, 7) is 0.617. The topological polar surface area (TPSA) is 281 Å². The van der Waals surface area contributed by atoms with Gasteiger partial charge in [0.05, 0.1) is 6.54 Å². The van der Waals surface area contributed by atoms with E-state index >= 15 is 9.59 Å². The van der Waals surface area contributed by atoms with Crippen LogP contribution in [0.5, 0.6) is 5.75 Å². The predicted molar refractivity (Wildman–Crippen MR) is 288 cm³/mol. The van der Waals surface area contributed by atoms with E-state index in [1.807, 2.05) is 60.7 Å². The minimum Gasteiger partial charge on any atom is -0.489 e. The highest BCUT2D eigenvalue weighted by Crippen LogP contribution is 2.26. The van der Waals surface area contributed by atoms with Gasteiger partial charge < -0.3 is 62.7 Å². The number of aromatic amines is 1. The van der Waals surface area contributed by atoms with E-state index in [9.17, 15) is 24.0 Å². The van der Waals surface area contributed by atoms with Crippen molar-refractivity contribution in [1.29, 1.82) is 0 Å². The Morgan fingerprint density at radius 2 is 1.17 bits per heavy atom. The number of amides is 7. The minimum atomic E-state index is -1.42. The summed E-state index contributed by atoms with van der Waals surface area (Å²) in [5.41, 5.74) is 15.7. The van der Waals surface area contributed by atoms with Crippen molar-refractivity contribution in [3.8, 4) is 5.75 Å². The molecule has 7 amide bonds. The number of unbranched alkanes of at least 4 members (excludes halogenated alkanes) is 1. The molecule has 2 fully saturated rings. The average molecular weight is 1050 g/mol. The van der Waals surface area contributed by atoms with E-state index in [4.69, 9.17) is 20.9 Å². The largest absolute Gasteiger partial charge is 0.489 e. The highest BCUT2D eigenvalue weighted by Gasteiger charge is 2.45. The predicted octanol–water partition coefficient (Wildman–Crippen LogP) is 3.37. The fraction of sp³-hybridized carbons (Fsp3) is 0.328. The lowest BCUT2D eigenvalue weighted by Gasteiger charge is -2.32. The van der Waals surface area contributed by atoms with Crippen LogP contribution in [0.2, 0.25) is 0 Å². The van der Waals surface area contributed by atoms with Gasteiger partial charge in [-0.15, -0.1) is 0 Å². The molecule has 2 aliphatic heterocycles. The first-order valence-electron chi connectivity index (χ1n) is 26.0. The Hall–Kier alpha value is -8.55. The van der Waals surface area contributed by atoms with Crippen LogP contribution in [-0.2, 0) is 59.4 Å². The van der Waals surface area contributed by atoms with E-state index in [1.54, 1.807) is 85.1 Å². The Morgan fingerprint density at radius 3 is 1.87 bits per heavy atom. The normalized spacial score (nSPS) is 21.6. The molecule has 3 heterocycles. The molecule has 0 spiro atoms. The number of alkyl carbamates (subject to hydrolysis) is 1. The van der Waals surface area contributed by atoms with Gasteiger partial charge >= 0.3 is 6.09 Å². The van der Waals surface area contributed by atoms with E-state index in [1.165, 1.54) is 4.90 Å². The molecule has 0 radical (unpaired) electrons. The molecule has 2 aliphatic rings. The second-order valence-electron chi connectivity index (χ2n) is 19.2. The molecule has 8 rings (SSSR count). The third-order valence-electron chi connectivity index (χ3n) is 13.7. The Balaban J connectivity index is 1.19. The monoisotopic (exact) mass is 1050 g/mol. The van der Waals surface area contributed by atoms with Crippen LogP contribution in [0.4, 0.5) is 4.79 Å². The summed E-state index contributed by atoms with van der Waals surface area (Å²) in [6, 6.07) is 33.6. The van der Waals surface area contributed by atoms with E-state index in [2.05, 4.69) is 36.9 Å². The van der Waals surface area contributed by atoms with Crippen LogP contribution < -0.4 is 48.1 Å². The summed E-state index contributed by atoms with van der Waals surface area (Å²) in [7, 11) is 0. The van der Waals surface area contributed by atoms with Crippen molar-refractivity contribution in [2.75, 3.05) is 26.2 Å². The maximum Gasteiger partial charge on any atom is 0.407 e. The lowest BCUT2D eigenvalue weighted by atomic mass is 9.99. The van der Waals surface area contributed by atoms with Crippen LogP contribution in [0, 0.1) is 0 Å². The zero-order chi connectivity index (χ0) is 54.1. The number of hydrogen-bond acceptors (Lipinski definition) is 11. The number of carbonyl (C=O) groups is 7. The number of nitrogens with one attached hydrogen (secondary N) is 7. The summed E-state index contributed by atoms with van der Waals surface area (Å²) in [5, 5.41) is 17.9. The van der Waals surface area contributed by atoms with E-state index < -0.39 is 83.9 Å². The average Bonchev–Trinajstić information content (AvgIpc) is 4.08. The molecular formula is C58H66N10O9. The highest BCUT2D eigenvalue weighted by atomic mass is 16.6. The van der Waals surface area contributed by atoms with Gasteiger partial charge in [-0.2, -0.15) is 0 Å². The van der Waals surface area contributed by atoms with Crippen molar-refractivity contribution in [2.24, 2.45) is 11.5 Å². The van der Waals surface area contributed by atoms with Crippen molar-refractivity contribution in [3.05, 3.63) is 174 Å². The zero-order valence-corrected chi connectivity index (χ0v) is 42.7. The van der Waals surface area contributed by atoms with Gasteiger partial charge in [-0.05, 0) is 71.8 Å². The highest BCUT2D eigenvalue weighted by molar-refractivity contribution is 5.99. The molecule has 5 aromatic carbocycles. The number of para-hydroxylation sites is 1. The molecule has 19 heteroatoms. The molecule has 77 heavy (non-hydrogen) atoms.